The molecular formula is C23H29NOS. The van der Waals surface area contributed by atoms with Gasteiger partial charge < -0.3 is 5.32 Å². The van der Waals surface area contributed by atoms with Gasteiger partial charge in [-0.05, 0) is 68.7 Å². The van der Waals surface area contributed by atoms with Gasteiger partial charge in [0.15, 0.2) is 0 Å². The Labute approximate surface area is 161 Å². The molecule has 0 radical (unpaired) electrons. The van der Waals surface area contributed by atoms with Crippen LogP contribution in [0.1, 0.15) is 59.2 Å². The maximum atomic E-state index is 12.3. The Morgan fingerprint density at radius 1 is 1.04 bits per heavy atom. The molecule has 0 saturated carbocycles. The van der Waals surface area contributed by atoms with Gasteiger partial charge in [0.25, 0.3) is 0 Å². The molecule has 0 aliphatic heterocycles. The molecule has 1 amide bonds. The molecule has 1 aliphatic carbocycles. The molecule has 0 unspecified atom stereocenters. The van der Waals surface area contributed by atoms with Crippen LogP contribution in [0.25, 0.3) is 0 Å². The summed E-state index contributed by atoms with van der Waals surface area (Å²) >= 11 is 1.68. The standard InChI is InChI=1S/C23H29NOS/c1-16-10-17(2)12-19(11-16)14-26-15-23(25)24-18(3)21-9-8-20-6-4-5-7-22(20)13-21/h8-13,18H,4-7,14-15H2,1-3H3,(H,24,25)/t18-/m1/s1. The lowest BCUT2D eigenvalue weighted by Crippen LogP contribution is -2.28. The smallest absolute Gasteiger partial charge is 0.230 e. The monoisotopic (exact) mass is 367 g/mol. The van der Waals surface area contributed by atoms with Crippen molar-refractivity contribution in [3.05, 3.63) is 69.8 Å². The number of hydrogen-bond donors (Lipinski definition) is 1. The molecule has 0 fully saturated rings. The first-order valence-corrected chi connectivity index (χ1v) is 10.7. The second-order valence-corrected chi connectivity index (χ2v) is 8.50. The Bertz CT molecular complexity index is 764. The predicted molar refractivity (Wildman–Crippen MR) is 112 cm³/mol. The number of benzene rings is 2. The van der Waals surface area contributed by atoms with Gasteiger partial charge in [-0.15, -0.1) is 11.8 Å². The third-order valence-electron chi connectivity index (χ3n) is 5.03. The van der Waals surface area contributed by atoms with E-state index >= 15 is 0 Å². The van der Waals surface area contributed by atoms with E-state index in [1.165, 1.54) is 59.1 Å². The Kier molecular flexibility index (Phi) is 6.42. The number of fused-ring (bicyclic) bond motifs is 1. The van der Waals surface area contributed by atoms with Crippen LogP contribution in [0.4, 0.5) is 0 Å². The number of nitrogens with one attached hydrogen (secondary N) is 1. The second-order valence-electron chi connectivity index (χ2n) is 7.51. The lowest BCUT2D eigenvalue weighted by atomic mass is 9.89. The largest absolute Gasteiger partial charge is 0.349 e. The van der Waals surface area contributed by atoms with Crippen molar-refractivity contribution >= 4 is 17.7 Å². The summed E-state index contributed by atoms with van der Waals surface area (Å²) in [4.78, 5) is 12.3. The van der Waals surface area contributed by atoms with Crippen LogP contribution in [-0.2, 0) is 23.4 Å². The molecule has 0 aromatic heterocycles. The van der Waals surface area contributed by atoms with E-state index < -0.39 is 0 Å². The number of thioether (sulfide) groups is 1. The van der Waals surface area contributed by atoms with E-state index in [0.717, 1.165) is 5.75 Å². The first-order chi connectivity index (χ1) is 12.5. The summed E-state index contributed by atoms with van der Waals surface area (Å²) in [5, 5.41) is 3.15. The van der Waals surface area contributed by atoms with Crippen molar-refractivity contribution in [1.82, 2.24) is 5.32 Å². The molecule has 0 spiro atoms. The Hall–Kier alpha value is -1.74. The molecule has 138 valence electrons. The third kappa shape index (κ3) is 5.14. The second kappa shape index (κ2) is 8.77. The molecule has 0 heterocycles. The zero-order chi connectivity index (χ0) is 18.5. The fourth-order valence-corrected chi connectivity index (χ4v) is 4.58. The number of rotatable bonds is 6. The summed E-state index contributed by atoms with van der Waals surface area (Å²) in [7, 11) is 0. The number of carbonyl (C=O) groups is 1. The van der Waals surface area contributed by atoms with Crippen molar-refractivity contribution in [3.63, 3.8) is 0 Å². The highest BCUT2D eigenvalue weighted by Crippen LogP contribution is 2.25. The fourth-order valence-electron chi connectivity index (χ4n) is 3.80. The van der Waals surface area contributed by atoms with E-state index in [4.69, 9.17) is 0 Å². The number of aryl methyl sites for hydroxylation is 4. The van der Waals surface area contributed by atoms with Gasteiger partial charge in [0.2, 0.25) is 5.91 Å². The molecule has 2 nitrogen and oxygen atoms in total. The van der Waals surface area contributed by atoms with Gasteiger partial charge in [0.1, 0.15) is 0 Å². The highest BCUT2D eigenvalue weighted by molar-refractivity contribution is 7.99. The maximum Gasteiger partial charge on any atom is 0.230 e. The lowest BCUT2D eigenvalue weighted by molar-refractivity contribution is -0.119. The quantitative estimate of drug-likeness (QED) is 0.751. The van der Waals surface area contributed by atoms with Crippen LogP contribution >= 0.6 is 11.8 Å². The minimum absolute atomic E-state index is 0.0662. The van der Waals surface area contributed by atoms with Crippen molar-refractivity contribution < 1.29 is 4.79 Å². The van der Waals surface area contributed by atoms with Gasteiger partial charge >= 0.3 is 0 Å². The predicted octanol–water partition coefficient (Wildman–Crippen LogP) is 5.29. The molecule has 0 bridgehead atoms. The van der Waals surface area contributed by atoms with Gasteiger partial charge in [-0.3, -0.25) is 4.79 Å². The summed E-state index contributed by atoms with van der Waals surface area (Å²) in [5.41, 5.74) is 8.04. The maximum absolute atomic E-state index is 12.3. The molecule has 3 heteroatoms. The molecule has 1 N–H and O–H groups in total. The Morgan fingerprint density at radius 2 is 1.73 bits per heavy atom. The fraction of sp³-hybridized carbons (Fsp3) is 0.435. The van der Waals surface area contributed by atoms with Gasteiger partial charge in [-0.25, -0.2) is 0 Å². The Balaban J connectivity index is 1.49. The van der Waals surface area contributed by atoms with Gasteiger partial charge in [-0.1, -0.05) is 47.5 Å². The van der Waals surface area contributed by atoms with E-state index in [1.807, 2.05) is 0 Å². The molecule has 2 aromatic carbocycles. The van der Waals surface area contributed by atoms with Crippen molar-refractivity contribution in [1.29, 1.82) is 0 Å². The molecule has 2 aromatic rings. The van der Waals surface area contributed by atoms with Crippen LogP contribution in [0.3, 0.4) is 0 Å². The zero-order valence-electron chi connectivity index (χ0n) is 16.1. The van der Waals surface area contributed by atoms with Crippen molar-refractivity contribution in [2.24, 2.45) is 0 Å². The van der Waals surface area contributed by atoms with Crippen molar-refractivity contribution in [2.45, 2.75) is 58.2 Å². The summed E-state index contributed by atoms with van der Waals surface area (Å²) < 4.78 is 0. The summed E-state index contributed by atoms with van der Waals surface area (Å²) in [6, 6.07) is 13.4. The van der Waals surface area contributed by atoms with Crippen molar-refractivity contribution in [3.8, 4) is 0 Å². The van der Waals surface area contributed by atoms with Crippen LogP contribution in [0, 0.1) is 13.8 Å². The SMILES string of the molecule is Cc1cc(C)cc(CSCC(=O)N[C@H](C)c2ccc3c(c2)CCCC3)c1. The van der Waals surface area contributed by atoms with Gasteiger partial charge in [0.05, 0.1) is 11.8 Å². The van der Waals surface area contributed by atoms with E-state index in [1.54, 1.807) is 11.8 Å². The number of hydrogen-bond acceptors (Lipinski definition) is 2. The molecular weight excluding hydrogens is 338 g/mol. The van der Waals surface area contributed by atoms with Crippen LogP contribution in [0.2, 0.25) is 0 Å². The van der Waals surface area contributed by atoms with E-state index in [-0.39, 0.29) is 11.9 Å². The molecule has 1 atom stereocenters. The van der Waals surface area contributed by atoms with Gasteiger partial charge in [0, 0.05) is 5.75 Å². The van der Waals surface area contributed by atoms with E-state index in [9.17, 15) is 4.79 Å². The zero-order valence-corrected chi connectivity index (χ0v) is 16.9. The average Bonchev–Trinajstić information content (AvgIpc) is 2.60. The first-order valence-electron chi connectivity index (χ1n) is 9.57. The number of carbonyl (C=O) groups excluding carboxylic acids is 1. The summed E-state index contributed by atoms with van der Waals surface area (Å²) in [6.07, 6.45) is 4.96. The normalized spacial score (nSPS) is 14.6. The van der Waals surface area contributed by atoms with E-state index in [2.05, 4.69) is 62.5 Å². The van der Waals surface area contributed by atoms with Crippen molar-refractivity contribution in [2.75, 3.05) is 5.75 Å². The molecule has 1 aliphatic rings. The average molecular weight is 368 g/mol. The highest BCUT2D eigenvalue weighted by Gasteiger charge is 2.14. The van der Waals surface area contributed by atoms with Gasteiger partial charge in [-0.2, -0.15) is 0 Å². The first kappa shape index (κ1) is 19.0. The van der Waals surface area contributed by atoms with E-state index in [0.29, 0.717) is 5.75 Å². The molecule has 26 heavy (non-hydrogen) atoms. The highest BCUT2D eigenvalue weighted by atomic mass is 32.2. The lowest BCUT2D eigenvalue weighted by Gasteiger charge is -2.20. The van der Waals surface area contributed by atoms with Crippen LogP contribution in [0.5, 0.6) is 0 Å². The third-order valence-corrected chi connectivity index (χ3v) is 6.04. The molecule has 3 rings (SSSR count). The topological polar surface area (TPSA) is 29.1 Å². The van der Waals surface area contributed by atoms with Crippen LogP contribution in [-0.4, -0.2) is 11.7 Å². The van der Waals surface area contributed by atoms with Crippen LogP contribution < -0.4 is 5.32 Å². The summed E-state index contributed by atoms with van der Waals surface area (Å²) in [5.74, 6) is 1.50. The minimum atomic E-state index is 0.0662. The molecule has 0 saturated heterocycles. The Morgan fingerprint density at radius 3 is 2.46 bits per heavy atom. The summed E-state index contributed by atoms with van der Waals surface area (Å²) in [6.45, 7) is 6.32. The number of amides is 1. The minimum Gasteiger partial charge on any atom is -0.349 e. The van der Waals surface area contributed by atoms with Crippen LogP contribution in [0.15, 0.2) is 36.4 Å².